The second kappa shape index (κ2) is 10.4. The van der Waals surface area contributed by atoms with Gasteiger partial charge >= 0.3 is 0 Å². The van der Waals surface area contributed by atoms with Crippen molar-refractivity contribution in [3.8, 4) is 5.88 Å². The van der Waals surface area contributed by atoms with Crippen LogP contribution in [0.2, 0.25) is 5.02 Å². The quantitative estimate of drug-likeness (QED) is 0.551. The highest BCUT2D eigenvalue weighted by Gasteiger charge is 2.46. The number of rotatable bonds is 9. The number of halogens is 1. The van der Waals surface area contributed by atoms with Gasteiger partial charge in [0.05, 0.1) is 19.8 Å². The summed E-state index contributed by atoms with van der Waals surface area (Å²) < 4.78 is 11.4. The SMILES string of the molecule is O=C(NCCN1CCOCC1)c1cnc(N2CC3CC3C2)nc1OCc1ccc(CO)c(Cl)c1. The molecule has 3 heterocycles. The molecule has 1 amide bonds. The zero-order valence-corrected chi connectivity index (χ0v) is 19.8. The highest BCUT2D eigenvalue weighted by Crippen LogP contribution is 2.45. The third-order valence-electron chi connectivity index (χ3n) is 6.73. The molecule has 2 atom stereocenters. The highest BCUT2D eigenvalue weighted by molar-refractivity contribution is 6.31. The Morgan fingerprint density at radius 3 is 2.79 bits per heavy atom. The number of hydrogen-bond acceptors (Lipinski definition) is 8. The Hall–Kier alpha value is -2.46. The number of aromatic nitrogens is 2. The molecule has 2 aliphatic heterocycles. The highest BCUT2D eigenvalue weighted by atomic mass is 35.5. The summed E-state index contributed by atoms with van der Waals surface area (Å²) in [5.41, 5.74) is 1.79. The molecule has 10 heteroatoms. The molecule has 3 aliphatic rings. The lowest BCUT2D eigenvalue weighted by Crippen LogP contribution is -2.41. The molecule has 2 saturated heterocycles. The van der Waals surface area contributed by atoms with E-state index in [0.29, 0.717) is 28.6 Å². The lowest BCUT2D eigenvalue weighted by molar-refractivity contribution is 0.0383. The standard InChI is InChI=1S/C24H30ClN5O4/c25-21-9-16(1-2-17(21)14-31)15-34-23-20(22(32)26-3-4-29-5-7-33-8-6-29)11-27-24(28-23)30-12-18-10-19(18)13-30/h1-2,9,11,18-19,31H,3-8,10,12-15H2,(H,26,32). The average molecular weight is 488 g/mol. The monoisotopic (exact) mass is 487 g/mol. The third kappa shape index (κ3) is 5.43. The van der Waals surface area contributed by atoms with Crippen LogP contribution in [0.25, 0.3) is 0 Å². The first kappa shape index (κ1) is 23.3. The first-order valence-corrected chi connectivity index (χ1v) is 12.2. The number of aliphatic hydroxyl groups excluding tert-OH is 1. The van der Waals surface area contributed by atoms with Crippen LogP contribution in [0.5, 0.6) is 5.88 Å². The van der Waals surface area contributed by atoms with E-state index < -0.39 is 0 Å². The van der Waals surface area contributed by atoms with Gasteiger partial charge in [-0.1, -0.05) is 23.7 Å². The minimum atomic E-state index is -0.257. The molecule has 5 rings (SSSR count). The number of aliphatic hydroxyl groups is 1. The molecule has 34 heavy (non-hydrogen) atoms. The average Bonchev–Trinajstić information content (AvgIpc) is 3.47. The molecule has 0 radical (unpaired) electrons. The summed E-state index contributed by atoms with van der Waals surface area (Å²) in [5.74, 6) is 2.08. The normalized spacial score (nSPS) is 21.9. The molecule has 1 aromatic heterocycles. The Labute approximate surface area is 204 Å². The number of piperidine rings is 1. The van der Waals surface area contributed by atoms with Gasteiger partial charge in [-0.3, -0.25) is 9.69 Å². The predicted octanol–water partition coefficient (Wildman–Crippen LogP) is 1.72. The Morgan fingerprint density at radius 2 is 2.06 bits per heavy atom. The fraction of sp³-hybridized carbons (Fsp3) is 0.542. The fourth-order valence-electron chi connectivity index (χ4n) is 4.55. The number of ether oxygens (including phenoxy) is 2. The van der Waals surface area contributed by atoms with Gasteiger partial charge < -0.3 is 24.8 Å². The molecule has 1 saturated carbocycles. The fourth-order valence-corrected chi connectivity index (χ4v) is 4.81. The maximum atomic E-state index is 13.0. The Kier molecular flexibility index (Phi) is 7.15. The van der Waals surface area contributed by atoms with Crippen LogP contribution in [0.4, 0.5) is 5.95 Å². The lowest BCUT2D eigenvalue weighted by Gasteiger charge is -2.26. The van der Waals surface area contributed by atoms with Crippen molar-refractivity contribution in [1.29, 1.82) is 0 Å². The van der Waals surface area contributed by atoms with E-state index in [4.69, 9.17) is 21.1 Å². The Morgan fingerprint density at radius 1 is 1.26 bits per heavy atom. The number of nitrogens with zero attached hydrogens (tertiary/aromatic N) is 4. The Balaban J connectivity index is 1.28. The van der Waals surface area contributed by atoms with E-state index in [1.165, 1.54) is 6.42 Å². The number of anilines is 1. The van der Waals surface area contributed by atoms with E-state index in [-0.39, 0.29) is 25.0 Å². The van der Waals surface area contributed by atoms with Crippen molar-refractivity contribution in [3.63, 3.8) is 0 Å². The van der Waals surface area contributed by atoms with Gasteiger partial charge in [0.1, 0.15) is 12.2 Å². The molecule has 1 aromatic carbocycles. The second-order valence-electron chi connectivity index (χ2n) is 9.13. The summed E-state index contributed by atoms with van der Waals surface area (Å²) in [6.45, 7) is 6.45. The number of carbonyl (C=O) groups excluding carboxylic acids is 1. The zero-order valence-electron chi connectivity index (χ0n) is 19.1. The van der Waals surface area contributed by atoms with Crippen molar-refractivity contribution < 1.29 is 19.4 Å². The number of amides is 1. The van der Waals surface area contributed by atoms with E-state index >= 15 is 0 Å². The zero-order chi connectivity index (χ0) is 23.5. The first-order valence-electron chi connectivity index (χ1n) is 11.8. The van der Waals surface area contributed by atoms with Crippen molar-refractivity contribution in [2.24, 2.45) is 11.8 Å². The number of hydrogen-bond donors (Lipinski definition) is 2. The van der Waals surface area contributed by atoms with Crippen molar-refractivity contribution in [1.82, 2.24) is 20.2 Å². The van der Waals surface area contributed by atoms with E-state index in [1.807, 2.05) is 6.07 Å². The van der Waals surface area contributed by atoms with Crippen molar-refractivity contribution in [2.75, 3.05) is 57.4 Å². The van der Waals surface area contributed by atoms with Gasteiger partial charge in [-0.15, -0.1) is 0 Å². The number of fused-ring (bicyclic) bond motifs is 1. The number of morpholine rings is 1. The molecule has 3 fully saturated rings. The minimum absolute atomic E-state index is 0.123. The Bertz CT molecular complexity index is 1020. The van der Waals surface area contributed by atoms with Crippen molar-refractivity contribution in [3.05, 3.63) is 46.1 Å². The second-order valence-corrected chi connectivity index (χ2v) is 9.54. The van der Waals surface area contributed by atoms with Gasteiger partial charge in [-0.05, 0) is 35.4 Å². The number of carbonyl (C=O) groups is 1. The summed E-state index contributed by atoms with van der Waals surface area (Å²) in [7, 11) is 0. The molecule has 2 aromatic rings. The molecule has 0 bridgehead atoms. The van der Waals surface area contributed by atoms with E-state index in [0.717, 1.165) is 63.3 Å². The number of benzene rings is 1. The maximum absolute atomic E-state index is 13.0. The molecule has 9 nitrogen and oxygen atoms in total. The largest absolute Gasteiger partial charge is 0.472 e. The van der Waals surface area contributed by atoms with E-state index in [9.17, 15) is 9.90 Å². The van der Waals surface area contributed by atoms with Gasteiger partial charge in [0.25, 0.3) is 5.91 Å². The maximum Gasteiger partial charge on any atom is 0.258 e. The van der Waals surface area contributed by atoms with Crippen LogP contribution >= 0.6 is 11.6 Å². The third-order valence-corrected chi connectivity index (χ3v) is 7.08. The molecule has 0 spiro atoms. The van der Waals surface area contributed by atoms with Gasteiger partial charge in [-0.25, -0.2) is 4.98 Å². The van der Waals surface area contributed by atoms with Crippen LogP contribution in [0, 0.1) is 11.8 Å². The summed E-state index contributed by atoms with van der Waals surface area (Å²) in [6.07, 6.45) is 2.85. The molecule has 1 aliphatic carbocycles. The van der Waals surface area contributed by atoms with Crippen LogP contribution in [-0.4, -0.2) is 78.4 Å². The molecular weight excluding hydrogens is 458 g/mol. The molecular formula is C24H30ClN5O4. The predicted molar refractivity (Wildman–Crippen MR) is 127 cm³/mol. The lowest BCUT2D eigenvalue weighted by atomic mass is 10.1. The van der Waals surface area contributed by atoms with Gasteiger partial charge in [0.15, 0.2) is 0 Å². The summed E-state index contributed by atoms with van der Waals surface area (Å²) in [5, 5.41) is 12.8. The van der Waals surface area contributed by atoms with Gasteiger partial charge in [0, 0.05) is 50.5 Å². The summed E-state index contributed by atoms with van der Waals surface area (Å²) in [6, 6.07) is 5.36. The molecule has 2 unspecified atom stereocenters. The van der Waals surface area contributed by atoms with Crippen LogP contribution < -0.4 is 15.0 Å². The summed E-state index contributed by atoms with van der Waals surface area (Å²) in [4.78, 5) is 26.5. The van der Waals surface area contributed by atoms with E-state index in [2.05, 4.69) is 25.1 Å². The number of nitrogens with one attached hydrogen (secondary N) is 1. The van der Waals surface area contributed by atoms with Crippen LogP contribution in [0.15, 0.2) is 24.4 Å². The molecule has 182 valence electrons. The van der Waals surface area contributed by atoms with Crippen LogP contribution in [-0.2, 0) is 18.0 Å². The van der Waals surface area contributed by atoms with Crippen molar-refractivity contribution in [2.45, 2.75) is 19.6 Å². The van der Waals surface area contributed by atoms with Gasteiger partial charge in [0.2, 0.25) is 11.8 Å². The van der Waals surface area contributed by atoms with Crippen molar-refractivity contribution >= 4 is 23.5 Å². The van der Waals surface area contributed by atoms with Crippen LogP contribution in [0.3, 0.4) is 0 Å². The topological polar surface area (TPSA) is 100 Å². The van der Waals surface area contributed by atoms with Crippen LogP contribution in [0.1, 0.15) is 27.9 Å². The van der Waals surface area contributed by atoms with E-state index in [1.54, 1.807) is 18.3 Å². The smallest absolute Gasteiger partial charge is 0.258 e. The first-order chi connectivity index (χ1) is 16.6. The molecule has 2 N–H and O–H groups in total. The minimum Gasteiger partial charge on any atom is -0.472 e. The van der Waals surface area contributed by atoms with Gasteiger partial charge in [-0.2, -0.15) is 4.98 Å². The summed E-state index contributed by atoms with van der Waals surface area (Å²) >= 11 is 6.22.